The number of ether oxygens (including phenoxy) is 1. The zero-order valence-electron chi connectivity index (χ0n) is 11.8. The van der Waals surface area contributed by atoms with Crippen molar-refractivity contribution in [2.45, 2.75) is 39.7 Å². The van der Waals surface area contributed by atoms with Crippen molar-refractivity contribution < 1.29 is 14.6 Å². The van der Waals surface area contributed by atoms with Gasteiger partial charge in [0.25, 0.3) is 0 Å². The third-order valence-corrected chi connectivity index (χ3v) is 3.21. The predicted molar refractivity (Wildman–Crippen MR) is 70.5 cm³/mol. The fraction of sp³-hybridized carbons (Fsp3) is 0.615. The molecule has 6 heteroatoms. The second kappa shape index (κ2) is 6.47. The maximum absolute atomic E-state index is 12.0. The van der Waals surface area contributed by atoms with Crippen molar-refractivity contribution in [1.29, 1.82) is 0 Å². The van der Waals surface area contributed by atoms with Crippen LogP contribution in [0.2, 0.25) is 0 Å². The monoisotopic (exact) mass is 268 g/mol. The van der Waals surface area contributed by atoms with E-state index in [1.54, 1.807) is 25.5 Å². The van der Waals surface area contributed by atoms with Crippen LogP contribution in [0.1, 0.15) is 36.3 Å². The fourth-order valence-electron chi connectivity index (χ4n) is 2.16. The molecule has 1 heterocycles. The van der Waals surface area contributed by atoms with E-state index in [0.29, 0.717) is 30.0 Å². The minimum atomic E-state index is -0.928. The molecular formula is C13H20N2O4. The number of rotatable bonds is 6. The Kier molecular flexibility index (Phi) is 5.23. The number of carbonyl (C=O) groups is 1. The molecule has 1 aromatic heterocycles. The van der Waals surface area contributed by atoms with Crippen LogP contribution in [-0.4, -0.2) is 34.3 Å². The largest absolute Gasteiger partial charge is 0.481 e. The van der Waals surface area contributed by atoms with Gasteiger partial charge in [-0.3, -0.25) is 9.36 Å². The number of carboxylic acids is 1. The molecule has 0 amide bonds. The second-order valence-electron chi connectivity index (χ2n) is 4.61. The molecule has 1 atom stereocenters. The zero-order chi connectivity index (χ0) is 14.6. The van der Waals surface area contributed by atoms with Crippen molar-refractivity contribution in [3.8, 4) is 0 Å². The van der Waals surface area contributed by atoms with Gasteiger partial charge in [0.2, 0.25) is 0 Å². The van der Waals surface area contributed by atoms with Crippen molar-refractivity contribution in [2.24, 2.45) is 0 Å². The Bertz CT molecular complexity index is 522. The minimum absolute atomic E-state index is 0.0758. The molecule has 0 saturated carbocycles. The van der Waals surface area contributed by atoms with Gasteiger partial charge < -0.3 is 9.84 Å². The molecule has 0 bridgehead atoms. The Morgan fingerprint density at radius 1 is 1.47 bits per heavy atom. The average Bonchev–Trinajstić information content (AvgIpc) is 2.31. The molecule has 0 saturated heterocycles. The molecule has 106 valence electrons. The first-order valence-corrected chi connectivity index (χ1v) is 6.17. The average molecular weight is 268 g/mol. The fourth-order valence-corrected chi connectivity index (χ4v) is 2.16. The Hall–Kier alpha value is -1.69. The number of nitrogens with zero attached hydrogens (tertiary/aromatic N) is 2. The molecule has 0 aliphatic carbocycles. The number of aromatic nitrogens is 2. The molecular weight excluding hydrogens is 248 g/mol. The van der Waals surface area contributed by atoms with Crippen LogP contribution in [0.5, 0.6) is 0 Å². The van der Waals surface area contributed by atoms with Crippen molar-refractivity contribution in [3.63, 3.8) is 0 Å². The zero-order valence-corrected chi connectivity index (χ0v) is 11.8. The topological polar surface area (TPSA) is 81.4 Å². The van der Waals surface area contributed by atoms with E-state index in [1.807, 2.05) is 6.92 Å². The van der Waals surface area contributed by atoms with Gasteiger partial charge in [0, 0.05) is 36.7 Å². The van der Waals surface area contributed by atoms with Crippen LogP contribution in [0.3, 0.4) is 0 Å². The van der Waals surface area contributed by atoms with Crippen LogP contribution in [0.25, 0.3) is 0 Å². The molecule has 0 aliphatic rings. The van der Waals surface area contributed by atoms with Crippen LogP contribution < -0.4 is 5.69 Å². The molecule has 1 aromatic rings. The van der Waals surface area contributed by atoms with Crippen LogP contribution in [-0.2, 0) is 16.0 Å². The molecule has 0 fully saturated rings. The highest BCUT2D eigenvalue weighted by atomic mass is 16.5. The Labute approximate surface area is 112 Å². The Morgan fingerprint density at radius 2 is 2.11 bits per heavy atom. The summed E-state index contributed by atoms with van der Waals surface area (Å²) in [7, 11) is 1.60. The van der Waals surface area contributed by atoms with E-state index in [9.17, 15) is 9.59 Å². The van der Waals surface area contributed by atoms with Crippen molar-refractivity contribution in [3.05, 3.63) is 27.4 Å². The third kappa shape index (κ3) is 3.64. The molecule has 1 rings (SSSR count). The second-order valence-corrected chi connectivity index (χ2v) is 4.61. The molecule has 1 N–H and O–H groups in total. The number of hydrogen-bond donors (Lipinski definition) is 1. The Morgan fingerprint density at radius 3 is 2.63 bits per heavy atom. The summed E-state index contributed by atoms with van der Waals surface area (Å²) in [6, 6.07) is -0.0758. The van der Waals surface area contributed by atoms with Crippen LogP contribution in [0.15, 0.2) is 4.79 Å². The quantitative estimate of drug-likeness (QED) is 0.835. The van der Waals surface area contributed by atoms with E-state index in [2.05, 4.69) is 4.98 Å². The lowest BCUT2D eigenvalue weighted by Gasteiger charge is -2.20. The third-order valence-electron chi connectivity index (χ3n) is 3.21. The standard InChI is InChI=1S/C13H20N2O4/c1-8(5-6-19-4)15-10(3)11(7-12(16)17)9(2)14-13(15)18/h8H,5-7H2,1-4H3,(H,16,17). The summed E-state index contributed by atoms with van der Waals surface area (Å²) >= 11 is 0. The summed E-state index contributed by atoms with van der Waals surface area (Å²) in [5.74, 6) is -0.928. The van der Waals surface area contributed by atoms with Gasteiger partial charge >= 0.3 is 11.7 Å². The van der Waals surface area contributed by atoms with E-state index in [0.717, 1.165) is 0 Å². The van der Waals surface area contributed by atoms with Gasteiger partial charge in [-0.05, 0) is 27.2 Å². The van der Waals surface area contributed by atoms with Gasteiger partial charge in [0.15, 0.2) is 0 Å². The van der Waals surface area contributed by atoms with Crippen molar-refractivity contribution >= 4 is 5.97 Å². The highest BCUT2D eigenvalue weighted by Gasteiger charge is 2.17. The molecule has 0 radical (unpaired) electrons. The predicted octanol–water partition coefficient (Wildman–Crippen LogP) is 1.08. The van der Waals surface area contributed by atoms with E-state index < -0.39 is 5.97 Å². The minimum Gasteiger partial charge on any atom is -0.481 e. The van der Waals surface area contributed by atoms with Crippen molar-refractivity contribution in [2.75, 3.05) is 13.7 Å². The number of aliphatic carboxylic acids is 1. The maximum atomic E-state index is 12.0. The summed E-state index contributed by atoms with van der Waals surface area (Å²) in [5.41, 5.74) is 1.42. The first-order chi connectivity index (χ1) is 8.88. The van der Waals surface area contributed by atoms with Gasteiger partial charge in [-0.15, -0.1) is 0 Å². The lowest BCUT2D eigenvalue weighted by molar-refractivity contribution is -0.136. The molecule has 6 nitrogen and oxygen atoms in total. The van der Waals surface area contributed by atoms with Crippen molar-refractivity contribution in [1.82, 2.24) is 9.55 Å². The molecule has 0 aromatic carbocycles. The SMILES string of the molecule is COCCC(C)n1c(C)c(CC(=O)O)c(C)nc1=O. The van der Waals surface area contributed by atoms with Crippen LogP contribution in [0, 0.1) is 13.8 Å². The lowest BCUT2D eigenvalue weighted by atomic mass is 10.1. The molecule has 19 heavy (non-hydrogen) atoms. The smallest absolute Gasteiger partial charge is 0.348 e. The van der Waals surface area contributed by atoms with Gasteiger partial charge in [0.05, 0.1) is 6.42 Å². The number of aryl methyl sites for hydroxylation is 1. The van der Waals surface area contributed by atoms with Crippen LogP contribution >= 0.6 is 0 Å². The summed E-state index contributed by atoms with van der Waals surface area (Å²) in [4.78, 5) is 26.8. The molecule has 0 aliphatic heterocycles. The number of methoxy groups -OCH3 is 1. The summed E-state index contributed by atoms with van der Waals surface area (Å²) in [5, 5.41) is 8.92. The van der Waals surface area contributed by atoms with Gasteiger partial charge in [0.1, 0.15) is 0 Å². The summed E-state index contributed by atoms with van der Waals surface area (Å²) in [6.07, 6.45) is 0.552. The first kappa shape index (κ1) is 15.4. The maximum Gasteiger partial charge on any atom is 0.348 e. The van der Waals surface area contributed by atoms with E-state index in [4.69, 9.17) is 9.84 Å². The lowest BCUT2D eigenvalue weighted by Crippen LogP contribution is -2.31. The highest BCUT2D eigenvalue weighted by molar-refractivity contribution is 5.70. The van der Waals surface area contributed by atoms with E-state index in [-0.39, 0.29) is 18.2 Å². The summed E-state index contributed by atoms with van der Waals surface area (Å²) in [6.45, 7) is 5.86. The molecule has 0 spiro atoms. The van der Waals surface area contributed by atoms with Gasteiger partial charge in [-0.2, -0.15) is 4.98 Å². The highest BCUT2D eigenvalue weighted by Crippen LogP contribution is 2.16. The van der Waals surface area contributed by atoms with Crippen LogP contribution in [0.4, 0.5) is 0 Å². The van der Waals surface area contributed by atoms with Gasteiger partial charge in [-0.1, -0.05) is 0 Å². The molecule has 1 unspecified atom stereocenters. The van der Waals surface area contributed by atoms with E-state index in [1.165, 1.54) is 0 Å². The normalized spacial score (nSPS) is 12.4. The van der Waals surface area contributed by atoms with E-state index >= 15 is 0 Å². The number of hydrogen-bond acceptors (Lipinski definition) is 4. The first-order valence-electron chi connectivity index (χ1n) is 6.17. The summed E-state index contributed by atoms with van der Waals surface area (Å²) < 4.78 is 6.55. The Balaban J connectivity index is 3.24. The van der Waals surface area contributed by atoms with Gasteiger partial charge in [-0.25, -0.2) is 4.79 Å². The number of carboxylic acid groups (broad SMARTS) is 1.